The largest absolute Gasteiger partial charge is 0.390 e. The first-order chi connectivity index (χ1) is 9.93. The van der Waals surface area contributed by atoms with Crippen LogP contribution in [0.1, 0.15) is 25.0 Å². The van der Waals surface area contributed by atoms with Gasteiger partial charge in [0.2, 0.25) is 5.91 Å². The molecule has 2 atom stereocenters. The first-order valence-electron chi connectivity index (χ1n) is 6.20. The molecule has 0 aliphatic heterocycles. The zero-order valence-electron chi connectivity index (χ0n) is 11.4. The van der Waals surface area contributed by atoms with Crippen LogP contribution < -0.4 is 5.32 Å². The molecule has 112 valence electrons. The highest BCUT2D eigenvalue weighted by atomic mass is 16.3. The second-order valence-corrected chi connectivity index (χ2v) is 4.47. The molecule has 0 aromatic heterocycles. The van der Waals surface area contributed by atoms with Gasteiger partial charge in [0.25, 0.3) is 0 Å². The van der Waals surface area contributed by atoms with Gasteiger partial charge in [-0.25, -0.2) is 0 Å². The third-order valence-electron chi connectivity index (χ3n) is 2.64. The van der Waals surface area contributed by atoms with Crippen LogP contribution in [-0.4, -0.2) is 34.6 Å². The number of Topliss-reactive ketones (excluding diaryl/α,β-unsaturated/α-hetero) is 1. The van der Waals surface area contributed by atoms with Crippen LogP contribution in [0, 0.1) is 0 Å². The summed E-state index contributed by atoms with van der Waals surface area (Å²) in [5.74, 6) is -0.653. The second kappa shape index (κ2) is 8.01. The van der Waals surface area contributed by atoms with Crippen molar-refractivity contribution in [1.29, 1.82) is 0 Å². The topological polar surface area (TPSA) is 135 Å². The van der Waals surface area contributed by atoms with Crippen molar-refractivity contribution in [2.45, 2.75) is 25.6 Å². The first kappa shape index (κ1) is 16.6. The number of hydrogen-bond donors (Lipinski definition) is 3. The van der Waals surface area contributed by atoms with Crippen LogP contribution in [0.15, 0.2) is 29.4 Å². The average molecular weight is 292 g/mol. The smallest absolute Gasteiger partial charge is 0.231 e. The summed E-state index contributed by atoms with van der Waals surface area (Å²) < 4.78 is 0. The standard InChI is InChI=1S/C13H16N4O4/c1-8(18)6-12(20)16-10-4-2-9(3-5-10)13(21)11(19)7-15-17-14/h2-5,11,13,19,21H,6-7H2,1H3,(H,16,20). The van der Waals surface area contributed by atoms with E-state index in [1.807, 2.05) is 0 Å². The van der Waals surface area contributed by atoms with Gasteiger partial charge in [0.1, 0.15) is 11.9 Å². The summed E-state index contributed by atoms with van der Waals surface area (Å²) >= 11 is 0. The number of hydrogen-bond acceptors (Lipinski definition) is 5. The van der Waals surface area contributed by atoms with E-state index in [0.717, 1.165) is 0 Å². The Hall–Kier alpha value is -2.41. The van der Waals surface area contributed by atoms with Gasteiger partial charge in [-0.2, -0.15) is 0 Å². The zero-order valence-corrected chi connectivity index (χ0v) is 11.4. The number of nitrogens with one attached hydrogen (secondary N) is 1. The Morgan fingerprint density at radius 3 is 2.48 bits per heavy atom. The predicted molar refractivity (Wildman–Crippen MR) is 75.3 cm³/mol. The van der Waals surface area contributed by atoms with Gasteiger partial charge in [-0.1, -0.05) is 17.2 Å². The molecule has 0 radical (unpaired) electrons. The number of anilines is 1. The van der Waals surface area contributed by atoms with E-state index in [0.29, 0.717) is 11.3 Å². The molecule has 21 heavy (non-hydrogen) atoms. The van der Waals surface area contributed by atoms with Crippen LogP contribution in [0.2, 0.25) is 0 Å². The maximum absolute atomic E-state index is 11.4. The number of benzene rings is 1. The van der Waals surface area contributed by atoms with Crippen LogP contribution in [0.25, 0.3) is 10.4 Å². The van der Waals surface area contributed by atoms with Gasteiger partial charge >= 0.3 is 0 Å². The van der Waals surface area contributed by atoms with E-state index in [2.05, 4.69) is 15.3 Å². The molecule has 0 aliphatic carbocycles. The van der Waals surface area contributed by atoms with E-state index in [4.69, 9.17) is 5.53 Å². The van der Waals surface area contributed by atoms with Gasteiger partial charge in [-0.15, -0.1) is 0 Å². The quantitative estimate of drug-likeness (QED) is 0.302. The van der Waals surface area contributed by atoms with Crippen LogP contribution in [0.5, 0.6) is 0 Å². The number of aliphatic hydroxyl groups is 2. The minimum Gasteiger partial charge on any atom is -0.390 e. The minimum absolute atomic E-state index is 0.199. The van der Waals surface area contributed by atoms with Crippen LogP contribution >= 0.6 is 0 Å². The lowest BCUT2D eigenvalue weighted by Gasteiger charge is -2.16. The molecule has 1 aromatic rings. The average Bonchev–Trinajstić information content (AvgIpc) is 2.43. The van der Waals surface area contributed by atoms with Gasteiger partial charge in [-0.3, -0.25) is 9.59 Å². The van der Waals surface area contributed by atoms with Crippen molar-refractivity contribution in [3.05, 3.63) is 40.3 Å². The van der Waals surface area contributed by atoms with Crippen molar-refractivity contribution in [3.8, 4) is 0 Å². The van der Waals surface area contributed by atoms with Crippen molar-refractivity contribution in [2.24, 2.45) is 5.11 Å². The molecule has 0 bridgehead atoms. The van der Waals surface area contributed by atoms with Crippen molar-refractivity contribution >= 4 is 17.4 Å². The Balaban J connectivity index is 2.66. The molecule has 0 saturated carbocycles. The first-order valence-corrected chi connectivity index (χ1v) is 6.20. The lowest BCUT2D eigenvalue weighted by molar-refractivity contribution is -0.124. The van der Waals surface area contributed by atoms with E-state index in [1.165, 1.54) is 31.2 Å². The lowest BCUT2D eigenvalue weighted by atomic mass is 10.0. The third kappa shape index (κ3) is 5.62. The third-order valence-corrected chi connectivity index (χ3v) is 2.64. The SMILES string of the molecule is CC(=O)CC(=O)Nc1ccc(C(O)C(O)CN=[N+]=[N-])cc1. The molecule has 0 fully saturated rings. The maximum Gasteiger partial charge on any atom is 0.231 e. The lowest BCUT2D eigenvalue weighted by Crippen LogP contribution is -2.21. The highest BCUT2D eigenvalue weighted by molar-refractivity contribution is 6.03. The summed E-state index contributed by atoms with van der Waals surface area (Å²) in [6.45, 7) is 1.08. The van der Waals surface area contributed by atoms with Crippen molar-refractivity contribution in [1.82, 2.24) is 0 Å². The van der Waals surface area contributed by atoms with Gasteiger partial charge in [0, 0.05) is 10.6 Å². The number of carbonyl (C=O) groups excluding carboxylic acids is 2. The Kier molecular flexibility index (Phi) is 6.35. The molecule has 0 heterocycles. The minimum atomic E-state index is -1.21. The molecule has 1 rings (SSSR count). The highest BCUT2D eigenvalue weighted by Crippen LogP contribution is 2.19. The van der Waals surface area contributed by atoms with E-state index in [1.54, 1.807) is 0 Å². The van der Waals surface area contributed by atoms with Crippen LogP contribution in [-0.2, 0) is 9.59 Å². The number of azide groups is 1. The van der Waals surface area contributed by atoms with E-state index >= 15 is 0 Å². The number of amides is 1. The summed E-state index contributed by atoms with van der Waals surface area (Å²) in [5, 5.41) is 25.2. The molecule has 1 amide bonds. The summed E-state index contributed by atoms with van der Waals surface area (Å²) in [6.07, 6.45) is -2.61. The predicted octanol–water partition coefficient (Wildman–Crippen LogP) is 1.31. The second-order valence-electron chi connectivity index (χ2n) is 4.47. The van der Waals surface area contributed by atoms with Crippen molar-refractivity contribution in [3.63, 3.8) is 0 Å². The van der Waals surface area contributed by atoms with Gasteiger partial charge in [0.05, 0.1) is 19.1 Å². The Morgan fingerprint density at radius 1 is 1.33 bits per heavy atom. The summed E-state index contributed by atoms with van der Waals surface area (Å²) in [7, 11) is 0. The maximum atomic E-state index is 11.4. The van der Waals surface area contributed by atoms with Gasteiger partial charge in [-0.05, 0) is 30.2 Å². The molecular formula is C13H16N4O4. The van der Waals surface area contributed by atoms with E-state index in [9.17, 15) is 19.8 Å². The van der Waals surface area contributed by atoms with Crippen LogP contribution in [0.4, 0.5) is 5.69 Å². The molecule has 1 aromatic carbocycles. The van der Waals surface area contributed by atoms with E-state index in [-0.39, 0.29) is 18.7 Å². The Bertz CT molecular complexity index is 552. The fourth-order valence-corrected chi connectivity index (χ4v) is 1.64. The molecule has 8 heteroatoms. The van der Waals surface area contributed by atoms with Gasteiger partial charge in [0.15, 0.2) is 0 Å². The Morgan fingerprint density at radius 2 is 1.95 bits per heavy atom. The normalized spacial score (nSPS) is 12.9. The van der Waals surface area contributed by atoms with E-state index < -0.39 is 18.1 Å². The number of carbonyl (C=O) groups is 2. The molecule has 0 saturated heterocycles. The summed E-state index contributed by atoms with van der Waals surface area (Å²) in [4.78, 5) is 24.7. The molecule has 0 aliphatic rings. The van der Waals surface area contributed by atoms with Crippen molar-refractivity contribution < 1.29 is 19.8 Å². The molecule has 8 nitrogen and oxygen atoms in total. The fraction of sp³-hybridized carbons (Fsp3) is 0.385. The number of rotatable bonds is 7. The van der Waals surface area contributed by atoms with Crippen molar-refractivity contribution in [2.75, 3.05) is 11.9 Å². The zero-order chi connectivity index (χ0) is 15.8. The summed E-state index contributed by atoms with van der Waals surface area (Å²) in [6, 6.07) is 6.12. The molecule has 3 N–H and O–H groups in total. The number of ketones is 1. The summed E-state index contributed by atoms with van der Waals surface area (Å²) in [5.41, 5.74) is 9.04. The molecular weight excluding hydrogens is 276 g/mol. The number of nitrogens with zero attached hydrogens (tertiary/aromatic N) is 3. The highest BCUT2D eigenvalue weighted by Gasteiger charge is 2.17. The monoisotopic (exact) mass is 292 g/mol. The number of aliphatic hydroxyl groups excluding tert-OH is 2. The van der Waals surface area contributed by atoms with Gasteiger partial charge < -0.3 is 15.5 Å². The molecule has 0 spiro atoms. The fourth-order valence-electron chi connectivity index (χ4n) is 1.64. The van der Waals surface area contributed by atoms with Crippen LogP contribution in [0.3, 0.4) is 0 Å². The Labute approximate surface area is 121 Å². The molecule has 2 unspecified atom stereocenters.